The van der Waals surface area contributed by atoms with Gasteiger partial charge < -0.3 is 39.6 Å². The molecular weight excluding hydrogens is 446 g/mol. The molecule has 1 amide bonds. The summed E-state index contributed by atoms with van der Waals surface area (Å²) in [6, 6.07) is 8.14. The summed E-state index contributed by atoms with van der Waals surface area (Å²) in [6.45, 7) is 1.79. The molecule has 0 saturated carbocycles. The average molecular weight is 474 g/mol. The van der Waals surface area contributed by atoms with Crippen molar-refractivity contribution < 1.29 is 28.5 Å². The van der Waals surface area contributed by atoms with Gasteiger partial charge in [-0.3, -0.25) is 4.79 Å². The van der Waals surface area contributed by atoms with Crippen molar-refractivity contribution in [3.05, 3.63) is 47.2 Å². The summed E-state index contributed by atoms with van der Waals surface area (Å²) in [4.78, 5) is 13.5. The summed E-state index contributed by atoms with van der Waals surface area (Å²) in [6.07, 6.45) is 0. The molecule has 3 N–H and O–H groups in total. The van der Waals surface area contributed by atoms with E-state index in [0.717, 1.165) is 0 Å². The van der Waals surface area contributed by atoms with E-state index in [0.29, 0.717) is 56.4 Å². The molecule has 0 bridgehead atoms. The van der Waals surface area contributed by atoms with E-state index in [-0.39, 0.29) is 5.91 Å². The van der Waals surface area contributed by atoms with Crippen molar-refractivity contribution in [1.29, 1.82) is 0 Å². The van der Waals surface area contributed by atoms with Gasteiger partial charge in [0.1, 0.15) is 11.5 Å². The van der Waals surface area contributed by atoms with Crippen LogP contribution in [0, 0.1) is 0 Å². The van der Waals surface area contributed by atoms with Crippen LogP contribution in [0.3, 0.4) is 0 Å². The van der Waals surface area contributed by atoms with Gasteiger partial charge in [0.15, 0.2) is 16.6 Å². The van der Waals surface area contributed by atoms with Crippen molar-refractivity contribution in [2.75, 3.05) is 40.9 Å². The fourth-order valence-corrected chi connectivity index (χ4v) is 3.88. The van der Waals surface area contributed by atoms with Crippen LogP contribution in [0.4, 0.5) is 5.69 Å². The molecule has 3 rings (SSSR count). The summed E-state index contributed by atoms with van der Waals surface area (Å²) < 4.78 is 27.0. The zero-order valence-electron chi connectivity index (χ0n) is 19.3. The molecule has 2 aromatic carbocycles. The molecule has 1 aliphatic heterocycles. The van der Waals surface area contributed by atoms with Crippen LogP contribution in [0.15, 0.2) is 41.6 Å². The number of allylic oxidation sites excluding steroid dienone is 1. The number of methoxy groups -OCH3 is 5. The Hall–Kier alpha value is -3.66. The molecule has 176 valence electrons. The first-order valence-electron chi connectivity index (χ1n) is 9.98. The predicted molar refractivity (Wildman–Crippen MR) is 129 cm³/mol. The second-order valence-electron chi connectivity index (χ2n) is 7.05. The molecule has 0 spiro atoms. The molecule has 0 radical (unpaired) electrons. The van der Waals surface area contributed by atoms with Crippen LogP contribution in [0.25, 0.3) is 0 Å². The van der Waals surface area contributed by atoms with Gasteiger partial charge >= 0.3 is 0 Å². The van der Waals surface area contributed by atoms with E-state index in [1.807, 2.05) is 0 Å². The van der Waals surface area contributed by atoms with Crippen molar-refractivity contribution in [3.8, 4) is 28.7 Å². The quantitative estimate of drug-likeness (QED) is 0.499. The number of carbonyl (C=O) groups excluding carboxylic acids is 1. The first kappa shape index (κ1) is 24.0. The highest BCUT2D eigenvalue weighted by Crippen LogP contribution is 2.41. The zero-order valence-corrected chi connectivity index (χ0v) is 20.1. The Morgan fingerprint density at radius 1 is 0.909 bits per heavy atom. The van der Waals surface area contributed by atoms with E-state index in [1.165, 1.54) is 28.4 Å². The summed E-state index contributed by atoms with van der Waals surface area (Å²) in [5.41, 5.74) is 2.26. The molecule has 0 aliphatic carbocycles. The molecule has 0 aromatic heterocycles. The fourth-order valence-electron chi connectivity index (χ4n) is 3.60. The van der Waals surface area contributed by atoms with Crippen LogP contribution in [-0.2, 0) is 4.79 Å². The minimum absolute atomic E-state index is 0.336. The number of anilines is 1. The monoisotopic (exact) mass is 473 g/mol. The SMILES string of the molecule is COc1ccc(NC(=O)C2=C(C)NC(=S)N[C@H]2c2cc(OC)c(OC)c(OC)c2)c(OC)c1. The summed E-state index contributed by atoms with van der Waals surface area (Å²) in [5.74, 6) is 2.13. The van der Waals surface area contributed by atoms with Gasteiger partial charge in [0.05, 0.1) is 52.9 Å². The molecular formula is C23H27N3O6S. The average Bonchev–Trinajstić information content (AvgIpc) is 2.82. The minimum atomic E-state index is -0.573. The highest BCUT2D eigenvalue weighted by Gasteiger charge is 2.32. The number of rotatable bonds is 8. The van der Waals surface area contributed by atoms with Crippen molar-refractivity contribution in [1.82, 2.24) is 10.6 Å². The Balaban J connectivity index is 2.04. The van der Waals surface area contributed by atoms with Crippen LogP contribution in [-0.4, -0.2) is 46.6 Å². The standard InChI is InChI=1S/C23H27N3O6S/c1-12-19(22(27)25-15-8-7-14(28-2)11-16(15)29-3)20(26-23(33)24-12)13-9-17(30-4)21(32-6)18(10-13)31-5/h7-11,20H,1-6H3,(H,25,27)(H2,24,26,33)/t20-/m0/s1. The molecule has 2 aromatic rings. The molecule has 1 atom stereocenters. The maximum absolute atomic E-state index is 13.5. The Morgan fingerprint density at radius 2 is 1.55 bits per heavy atom. The second-order valence-corrected chi connectivity index (χ2v) is 7.46. The maximum atomic E-state index is 13.5. The highest BCUT2D eigenvalue weighted by molar-refractivity contribution is 7.80. The molecule has 0 fully saturated rings. The Labute approximate surface area is 198 Å². The van der Waals surface area contributed by atoms with Gasteiger partial charge in [-0.15, -0.1) is 0 Å². The summed E-state index contributed by atoms with van der Waals surface area (Å²) in [7, 11) is 7.68. The largest absolute Gasteiger partial charge is 0.497 e. The zero-order chi connectivity index (χ0) is 24.1. The molecule has 0 unspecified atom stereocenters. The van der Waals surface area contributed by atoms with E-state index in [4.69, 9.17) is 35.9 Å². The first-order valence-corrected chi connectivity index (χ1v) is 10.4. The van der Waals surface area contributed by atoms with Crippen LogP contribution in [0.5, 0.6) is 28.7 Å². The second kappa shape index (κ2) is 10.3. The number of hydrogen-bond acceptors (Lipinski definition) is 7. The van der Waals surface area contributed by atoms with Gasteiger partial charge in [-0.2, -0.15) is 0 Å². The van der Waals surface area contributed by atoms with Gasteiger partial charge in [-0.1, -0.05) is 0 Å². The first-order chi connectivity index (χ1) is 15.9. The smallest absolute Gasteiger partial charge is 0.255 e. The topological polar surface area (TPSA) is 99.3 Å². The maximum Gasteiger partial charge on any atom is 0.255 e. The predicted octanol–water partition coefficient (Wildman–Crippen LogP) is 3.16. The van der Waals surface area contributed by atoms with E-state index >= 15 is 0 Å². The van der Waals surface area contributed by atoms with Crippen molar-refractivity contribution in [3.63, 3.8) is 0 Å². The molecule has 10 heteroatoms. The molecule has 1 aliphatic rings. The van der Waals surface area contributed by atoms with Crippen molar-refractivity contribution in [2.45, 2.75) is 13.0 Å². The van der Waals surface area contributed by atoms with Gasteiger partial charge in [-0.25, -0.2) is 0 Å². The van der Waals surface area contributed by atoms with Crippen LogP contribution >= 0.6 is 12.2 Å². The van der Waals surface area contributed by atoms with Crippen LogP contribution in [0.2, 0.25) is 0 Å². The van der Waals surface area contributed by atoms with Gasteiger partial charge in [-0.05, 0) is 49.0 Å². The van der Waals surface area contributed by atoms with Crippen LogP contribution in [0.1, 0.15) is 18.5 Å². The summed E-state index contributed by atoms with van der Waals surface area (Å²) >= 11 is 5.36. The van der Waals surface area contributed by atoms with E-state index < -0.39 is 6.04 Å². The van der Waals surface area contributed by atoms with E-state index in [1.54, 1.807) is 44.4 Å². The third-order valence-electron chi connectivity index (χ3n) is 5.19. The lowest BCUT2D eigenvalue weighted by Crippen LogP contribution is -2.45. The molecule has 0 saturated heterocycles. The van der Waals surface area contributed by atoms with Gasteiger partial charge in [0, 0.05) is 11.8 Å². The number of ether oxygens (including phenoxy) is 5. The van der Waals surface area contributed by atoms with Gasteiger partial charge in [0.25, 0.3) is 5.91 Å². The normalized spacial score (nSPS) is 15.2. The number of amides is 1. The number of thiocarbonyl (C=S) groups is 1. The van der Waals surface area contributed by atoms with E-state index in [9.17, 15) is 4.79 Å². The van der Waals surface area contributed by atoms with Crippen molar-refractivity contribution >= 4 is 28.9 Å². The number of nitrogens with one attached hydrogen (secondary N) is 3. The lowest BCUT2D eigenvalue weighted by molar-refractivity contribution is -0.113. The Bertz CT molecular complexity index is 1080. The van der Waals surface area contributed by atoms with Crippen molar-refractivity contribution in [2.24, 2.45) is 0 Å². The van der Waals surface area contributed by atoms with Gasteiger partial charge in [0.2, 0.25) is 5.75 Å². The van der Waals surface area contributed by atoms with Crippen LogP contribution < -0.4 is 39.6 Å². The molecule has 1 heterocycles. The number of hydrogen-bond donors (Lipinski definition) is 3. The van der Waals surface area contributed by atoms with E-state index in [2.05, 4.69) is 16.0 Å². The third kappa shape index (κ3) is 4.90. The highest BCUT2D eigenvalue weighted by atomic mass is 32.1. The minimum Gasteiger partial charge on any atom is -0.497 e. The lowest BCUT2D eigenvalue weighted by Gasteiger charge is -2.31. The summed E-state index contributed by atoms with van der Waals surface area (Å²) in [5, 5.41) is 9.50. The molecule has 33 heavy (non-hydrogen) atoms. The fraction of sp³-hybridized carbons (Fsp3) is 0.304. The number of carbonyl (C=O) groups is 1. The Morgan fingerprint density at radius 3 is 2.09 bits per heavy atom. The number of benzene rings is 2. The Kier molecular flexibility index (Phi) is 7.49. The third-order valence-corrected chi connectivity index (χ3v) is 5.41. The lowest BCUT2D eigenvalue weighted by atomic mass is 9.94. The molecule has 9 nitrogen and oxygen atoms in total.